The van der Waals surface area contributed by atoms with Gasteiger partial charge in [0.1, 0.15) is 5.82 Å². The number of ether oxygens (including phenoxy) is 1. The van der Waals surface area contributed by atoms with Gasteiger partial charge in [0.05, 0.1) is 13.2 Å². The molecular weight excluding hydrogens is 395 g/mol. The molecule has 0 amide bonds. The summed E-state index contributed by atoms with van der Waals surface area (Å²) in [4.78, 5) is 6.99. The third-order valence-electron chi connectivity index (χ3n) is 5.49. The van der Waals surface area contributed by atoms with E-state index in [0.29, 0.717) is 6.54 Å². The fraction of sp³-hybridized carbons (Fsp3) is 0.650. The maximum Gasteiger partial charge on any atom is 0.191 e. The lowest BCUT2D eigenvalue weighted by molar-refractivity contribution is -0.0120. The van der Waals surface area contributed by atoms with Crippen molar-refractivity contribution in [1.29, 1.82) is 0 Å². The van der Waals surface area contributed by atoms with Gasteiger partial charge in [0, 0.05) is 50.3 Å². The van der Waals surface area contributed by atoms with E-state index in [2.05, 4.69) is 20.5 Å². The average molecular weight is 427 g/mol. The van der Waals surface area contributed by atoms with Gasteiger partial charge in [-0.2, -0.15) is 23.5 Å². The number of aliphatic imine (C=N–C) groups is 1. The Hall–Kier alpha value is -0.960. The van der Waals surface area contributed by atoms with Crippen molar-refractivity contribution in [3.05, 3.63) is 35.1 Å². The molecule has 2 N–H and O–H groups in total. The summed E-state index contributed by atoms with van der Waals surface area (Å²) in [7, 11) is 1.80. The van der Waals surface area contributed by atoms with Crippen LogP contribution in [0, 0.1) is 5.82 Å². The Balaban J connectivity index is 1.58. The average Bonchev–Trinajstić information content (AvgIpc) is 3.20. The molecule has 1 aromatic rings. The molecule has 0 spiro atoms. The van der Waals surface area contributed by atoms with Gasteiger partial charge in [-0.3, -0.25) is 9.89 Å². The van der Waals surface area contributed by atoms with Crippen molar-refractivity contribution in [3.8, 4) is 0 Å². The number of rotatable bonds is 7. The number of hydrogen-bond acceptors (Lipinski definition) is 5. The van der Waals surface area contributed by atoms with E-state index in [9.17, 15) is 4.39 Å². The minimum atomic E-state index is -0.179. The van der Waals surface area contributed by atoms with Crippen LogP contribution in [0.5, 0.6) is 0 Å². The SMILES string of the molecule is CN=C(NCc1ccc(F)cc1CSC)NCC1(N2CCOCC2)CCSC1. The van der Waals surface area contributed by atoms with Gasteiger partial charge in [-0.05, 0) is 41.7 Å². The monoisotopic (exact) mass is 426 g/mol. The van der Waals surface area contributed by atoms with Crippen LogP contribution in [-0.2, 0) is 17.0 Å². The van der Waals surface area contributed by atoms with E-state index in [-0.39, 0.29) is 11.4 Å². The Morgan fingerprint density at radius 1 is 1.32 bits per heavy atom. The van der Waals surface area contributed by atoms with E-state index in [1.165, 1.54) is 18.2 Å². The Kier molecular flexibility index (Phi) is 8.32. The fourth-order valence-electron chi connectivity index (χ4n) is 3.84. The number of guanidine groups is 1. The number of nitrogens with zero attached hydrogens (tertiary/aromatic N) is 2. The zero-order chi connectivity index (χ0) is 19.8. The number of thioether (sulfide) groups is 2. The lowest BCUT2D eigenvalue weighted by atomic mass is 9.95. The maximum atomic E-state index is 13.6. The standard InChI is InChI=1S/C20H31FN4OS2/c1-22-19(23-12-16-3-4-18(21)11-17(16)13-27-2)24-14-20(5-10-28-15-20)25-6-8-26-9-7-25/h3-4,11H,5-10,12-15H2,1-2H3,(H2,22,23,24). The van der Waals surface area contributed by atoms with Gasteiger partial charge in [0.2, 0.25) is 0 Å². The van der Waals surface area contributed by atoms with E-state index in [1.54, 1.807) is 24.9 Å². The zero-order valence-electron chi connectivity index (χ0n) is 16.8. The second-order valence-corrected chi connectivity index (χ2v) is 9.22. The third kappa shape index (κ3) is 5.55. The largest absolute Gasteiger partial charge is 0.379 e. The second-order valence-electron chi connectivity index (χ2n) is 7.25. The van der Waals surface area contributed by atoms with Crippen LogP contribution in [0.25, 0.3) is 0 Å². The van der Waals surface area contributed by atoms with Gasteiger partial charge >= 0.3 is 0 Å². The van der Waals surface area contributed by atoms with Gasteiger partial charge in [-0.1, -0.05) is 6.07 Å². The highest BCUT2D eigenvalue weighted by atomic mass is 32.2. The zero-order valence-corrected chi connectivity index (χ0v) is 18.4. The highest BCUT2D eigenvalue weighted by Gasteiger charge is 2.40. The molecule has 2 saturated heterocycles. The summed E-state index contributed by atoms with van der Waals surface area (Å²) >= 11 is 3.73. The Morgan fingerprint density at radius 2 is 2.14 bits per heavy atom. The summed E-state index contributed by atoms with van der Waals surface area (Å²) in [6.07, 6.45) is 3.23. The first-order valence-corrected chi connectivity index (χ1v) is 12.3. The minimum absolute atomic E-state index is 0.173. The Morgan fingerprint density at radius 3 is 2.82 bits per heavy atom. The first-order chi connectivity index (χ1) is 13.7. The molecular formula is C20H31FN4OS2. The smallest absolute Gasteiger partial charge is 0.191 e. The molecule has 3 rings (SSSR count). The number of benzene rings is 1. The number of hydrogen-bond donors (Lipinski definition) is 2. The maximum absolute atomic E-state index is 13.6. The van der Waals surface area contributed by atoms with E-state index in [0.717, 1.165) is 61.4 Å². The van der Waals surface area contributed by atoms with Gasteiger partial charge in [-0.25, -0.2) is 4.39 Å². The highest BCUT2D eigenvalue weighted by molar-refractivity contribution is 7.99. The predicted octanol–water partition coefficient (Wildman–Crippen LogP) is 2.56. The third-order valence-corrected chi connectivity index (χ3v) is 7.32. The molecule has 0 aliphatic carbocycles. The molecule has 2 aliphatic rings. The molecule has 1 unspecified atom stereocenters. The highest BCUT2D eigenvalue weighted by Crippen LogP contribution is 2.33. The van der Waals surface area contributed by atoms with Crippen LogP contribution >= 0.6 is 23.5 Å². The second kappa shape index (κ2) is 10.7. The summed E-state index contributed by atoms with van der Waals surface area (Å²) < 4.78 is 19.1. The summed E-state index contributed by atoms with van der Waals surface area (Å²) in [6, 6.07) is 5.02. The fourth-order valence-corrected chi connectivity index (χ4v) is 5.90. The van der Waals surface area contributed by atoms with E-state index >= 15 is 0 Å². The lowest BCUT2D eigenvalue weighted by Crippen LogP contribution is -2.60. The lowest BCUT2D eigenvalue weighted by Gasteiger charge is -2.43. The normalized spacial score (nSPS) is 23.8. The van der Waals surface area contributed by atoms with Gasteiger partial charge in [-0.15, -0.1) is 0 Å². The van der Waals surface area contributed by atoms with E-state index in [1.807, 2.05) is 24.1 Å². The molecule has 0 aromatic heterocycles. The molecule has 2 fully saturated rings. The van der Waals surface area contributed by atoms with Crippen molar-refractivity contribution in [2.45, 2.75) is 24.3 Å². The molecule has 0 saturated carbocycles. The molecule has 5 nitrogen and oxygen atoms in total. The summed E-state index contributed by atoms with van der Waals surface area (Å²) in [5.41, 5.74) is 2.32. The molecule has 2 heterocycles. The van der Waals surface area contributed by atoms with Crippen LogP contribution in [0.15, 0.2) is 23.2 Å². The molecule has 8 heteroatoms. The van der Waals surface area contributed by atoms with Crippen molar-refractivity contribution in [3.63, 3.8) is 0 Å². The molecule has 1 aromatic carbocycles. The Bertz CT molecular complexity index is 662. The van der Waals surface area contributed by atoms with Crippen LogP contribution in [-0.4, -0.2) is 74.1 Å². The van der Waals surface area contributed by atoms with Crippen molar-refractivity contribution < 1.29 is 9.13 Å². The first-order valence-electron chi connectivity index (χ1n) is 9.78. The van der Waals surface area contributed by atoms with Crippen molar-refractivity contribution in [1.82, 2.24) is 15.5 Å². The van der Waals surface area contributed by atoms with Crippen LogP contribution in [0.1, 0.15) is 17.5 Å². The number of morpholine rings is 1. The van der Waals surface area contributed by atoms with E-state index < -0.39 is 0 Å². The van der Waals surface area contributed by atoms with Crippen LogP contribution < -0.4 is 10.6 Å². The number of nitrogens with one attached hydrogen (secondary N) is 2. The van der Waals surface area contributed by atoms with Crippen LogP contribution in [0.4, 0.5) is 4.39 Å². The summed E-state index contributed by atoms with van der Waals surface area (Å²) in [5.74, 6) is 3.77. The van der Waals surface area contributed by atoms with Crippen molar-refractivity contribution >= 4 is 29.5 Å². The topological polar surface area (TPSA) is 48.9 Å². The van der Waals surface area contributed by atoms with Crippen molar-refractivity contribution in [2.75, 3.05) is 57.7 Å². The van der Waals surface area contributed by atoms with Crippen LogP contribution in [0.2, 0.25) is 0 Å². The predicted molar refractivity (Wildman–Crippen MR) is 119 cm³/mol. The van der Waals surface area contributed by atoms with E-state index in [4.69, 9.17) is 4.74 Å². The quantitative estimate of drug-likeness (QED) is 0.516. The molecule has 2 aliphatic heterocycles. The Labute approximate surface area is 176 Å². The van der Waals surface area contributed by atoms with Gasteiger partial charge in [0.25, 0.3) is 0 Å². The molecule has 1 atom stereocenters. The number of halogens is 1. The summed E-state index contributed by atoms with van der Waals surface area (Å²) in [6.45, 7) is 5.16. The van der Waals surface area contributed by atoms with Gasteiger partial charge in [0.15, 0.2) is 5.96 Å². The first kappa shape index (κ1) is 21.7. The molecule has 0 bridgehead atoms. The molecule has 0 radical (unpaired) electrons. The molecule has 156 valence electrons. The molecule has 28 heavy (non-hydrogen) atoms. The van der Waals surface area contributed by atoms with Gasteiger partial charge < -0.3 is 15.4 Å². The van der Waals surface area contributed by atoms with Crippen LogP contribution in [0.3, 0.4) is 0 Å². The minimum Gasteiger partial charge on any atom is -0.379 e. The summed E-state index contributed by atoms with van der Waals surface area (Å²) in [5, 5.41) is 6.95. The van der Waals surface area contributed by atoms with Crippen molar-refractivity contribution in [2.24, 2.45) is 4.99 Å².